The van der Waals surface area contributed by atoms with Crippen molar-refractivity contribution >= 4 is 28.5 Å². The number of imidazole rings is 1. The van der Waals surface area contributed by atoms with Crippen LogP contribution < -0.4 is 10.6 Å². The van der Waals surface area contributed by atoms with Crippen LogP contribution in [0.3, 0.4) is 0 Å². The molecule has 0 bridgehead atoms. The highest BCUT2D eigenvalue weighted by molar-refractivity contribution is 6.06. The van der Waals surface area contributed by atoms with Gasteiger partial charge in [-0.05, 0) is 61.1 Å². The first-order chi connectivity index (χ1) is 17.1. The molecule has 2 aliphatic rings. The molecule has 0 radical (unpaired) electrons. The molecular formula is C28H27N5O2. The zero-order valence-corrected chi connectivity index (χ0v) is 19.6. The average Bonchev–Trinajstić information content (AvgIpc) is 3.39. The lowest BCUT2D eigenvalue weighted by Gasteiger charge is -2.24. The van der Waals surface area contributed by atoms with Crippen LogP contribution in [0.1, 0.15) is 53.2 Å². The van der Waals surface area contributed by atoms with E-state index in [2.05, 4.69) is 27.8 Å². The summed E-state index contributed by atoms with van der Waals surface area (Å²) in [4.78, 5) is 35.2. The Kier molecular flexibility index (Phi) is 5.32. The standard InChI is InChI=1S/C28H27N5O2/c1-33-25-23(30-26(33)18-11-13-29-14-12-18)15-20(16-24(25)32-27(34)19-6-4-7-19)28(35)31-22-10-9-17-5-2-3-8-21(17)22/h2-3,5,8,11-16,19,22H,4,6-7,9-10H2,1H3,(H,31,35)(H,32,34). The van der Waals surface area contributed by atoms with E-state index in [0.29, 0.717) is 16.8 Å². The summed E-state index contributed by atoms with van der Waals surface area (Å²) in [6.45, 7) is 0. The van der Waals surface area contributed by atoms with Gasteiger partial charge in [0.05, 0.1) is 22.8 Å². The van der Waals surface area contributed by atoms with Crippen molar-refractivity contribution < 1.29 is 9.59 Å². The second-order valence-corrected chi connectivity index (χ2v) is 9.50. The van der Waals surface area contributed by atoms with Gasteiger partial charge in [-0.2, -0.15) is 0 Å². The smallest absolute Gasteiger partial charge is 0.251 e. The number of anilines is 1. The average molecular weight is 466 g/mol. The third-order valence-electron chi connectivity index (χ3n) is 7.34. The van der Waals surface area contributed by atoms with Gasteiger partial charge in [-0.15, -0.1) is 0 Å². The summed E-state index contributed by atoms with van der Waals surface area (Å²) in [7, 11) is 1.93. The molecule has 35 heavy (non-hydrogen) atoms. The summed E-state index contributed by atoms with van der Waals surface area (Å²) in [5, 5.41) is 6.31. The Morgan fingerprint density at radius 1 is 1.03 bits per heavy atom. The van der Waals surface area contributed by atoms with E-state index in [0.717, 1.165) is 49.0 Å². The molecule has 0 saturated heterocycles. The van der Waals surface area contributed by atoms with Crippen LogP contribution >= 0.6 is 0 Å². The number of rotatable bonds is 5. The molecule has 0 aliphatic heterocycles. The van der Waals surface area contributed by atoms with Crippen LogP contribution in [0.15, 0.2) is 60.9 Å². The molecule has 1 unspecified atom stereocenters. The number of carbonyl (C=O) groups excluding carboxylic acids is 2. The van der Waals surface area contributed by atoms with Gasteiger partial charge in [0.2, 0.25) is 5.91 Å². The molecule has 2 aliphatic carbocycles. The number of carbonyl (C=O) groups is 2. The number of fused-ring (bicyclic) bond motifs is 2. The maximum atomic E-state index is 13.4. The SMILES string of the molecule is Cn1c(-c2ccncc2)nc2cc(C(=O)NC3CCc4ccccc43)cc(NC(=O)C3CCC3)c21. The lowest BCUT2D eigenvalue weighted by atomic mass is 9.85. The summed E-state index contributed by atoms with van der Waals surface area (Å²) >= 11 is 0. The van der Waals surface area contributed by atoms with Gasteiger partial charge in [-0.1, -0.05) is 30.7 Å². The number of nitrogens with one attached hydrogen (secondary N) is 2. The fraction of sp³-hybridized carbons (Fsp3) is 0.286. The Morgan fingerprint density at radius 3 is 2.60 bits per heavy atom. The minimum Gasteiger partial charge on any atom is -0.345 e. The van der Waals surface area contributed by atoms with Crippen molar-refractivity contribution in [2.75, 3.05) is 5.32 Å². The molecule has 2 N–H and O–H groups in total. The molecule has 2 heterocycles. The van der Waals surface area contributed by atoms with Crippen molar-refractivity contribution in [3.63, 3.8) is 0 Å². The third kappa shape index (κ3) is 3.87. The maximum absolute atomic E-state index is 13.4. The van der Waals surface area contributed by atoms with Crippen molar-refractivity contribution in [2.24, 2.45) is 13.0 Å². The second kappa shape index (κ2) is 8.65. The summed E-state index contributed by atoms with van der Waals surface area (Å²) in [5.74, 6) is 0.629. The quantitative estimate of drug-likeness (QED) is 0.443. The summed E-state index contributed by atoms with van der Waals surface area (Å²) in [6, 6.07) is 15.6. The molecule has 4 aromatic rings. The Bertz CT molecular complexity index is 1440. The normalized spacial score (nSPS) is 17.1. The summed E-state index contributed by atoms with van der Waals surface area (Å²) in [6.07, 6.45) is 8.19. The number of aromatic nitrogens is 3. The summed E-state index contributed by atoms with van der Waals surface area (Å²) < 4.78 is 1.97. The first-order valence-electron chi connectivity index (χ1n) is 12.2. The molecule has 1 saturated carbocycles. The van der Waals surface area contributed by atoms with Crippen LogP contribution in [-0.4, -0.2) is 26.3 Å². The molecule has 6 rings (SSSR count). The predicted molar refractivity (Wildman–Crippen MR) is 135 cm³/mol. The van der Waals surface area contributed by atoms with Gasteiger partial charge in [-0.3, -0.25) is 14.6 Å². The van der Waals surface area contributed by atoms with Crippen LogP contribution in [0.2, 0.25) is 0 Å². The highest BCUT2D eigenvalue weighted by atomic mass is 16.2. The van der Waals surface area contributed by atoms with E-state index < -0.39 is 0 Å². The van der Waals surface area contributed by atoms with Gasteiger partial charge >= 0.3 is 0 Å². The molecule has 7 heteroatoms. The van der Waals surface area contributed by atoms with Crippen molar-refractivity contribution in [1.29, 1.82) is 0 Å². The zero-order valence-electron chi connectivity index (χ0n) is 19.6. The fourth-order valence-corrected chi connectivity index (χ4v) is 5.19. The summed E-state index contributed by atoms with van der Waals surface area (Å²) in [5.41, 5.74) is 5.96. The number of nitrogens with zero attached hydrogens (tertiary/aromatic N) is 3. The number of hydrogen-bond donors (Lipinski definition) is 2. The second-order valence-electron chi connectivity index (χ2n) is 9.50. The maximum Gasteiger partial charge on any atom is 0.251 e. The molecular weight excluding hydrogens is 438 g/mol. The fourth-order valence-electron chi connectivity index (χ4n) is 5.19. The molecule has 2 amide bonds. The number of pyridine rings is 1. The Morgan fingerprint density at radius 2 is 1.83 bits per heavy atom. The predicted octanol–water partition coefficient (Wildman–Crippen LogP) is 4.79. The molecule has 176 valence electrons. The van der Waals surface area contributed by atoms with Crippen molar-refractivity contribution in [3.05, 3.63) is 77.6 Å². The molecule has 2 aromatic heterocycles. The molecule has 1 atom stereocenters. The van der Waals surface area contributed by atoms with E-state index in [1.807, 2.05) is 41.9 Å². The highest BCUT2D eigenvalue weighted by Gasteiger charge is 2.28. The van der Waals surface area contributed by atoms with Gasteiger partial charge in [0.15, 0.2) is 0 Å². The van der Waals surface area contributed by atoms with E-state index in [9.17, 15) is 9.59 Å². The Hall–Kier alpha value is -4.00. The first kappa shape index (κ1) is 21.5. The third-order valence-corrected chi connectivity index (χ3v) is 7.34. The minimum atomic E-state index is -0.163. The van der Waals surface area contributed by atoms with E-state index in [-0.39, 0.29) is 23.8 Å². The molecule has 7 nitrogen and oxygen atoms in total. The van der Waals surface area contributed by atoms with Gasteiger partial charge in [0.25, 0.3) is 5.91 Å². The van der Waals surface area contributed by atoms with Gasteiger partial charge in [0, 0.05) is 36.5 Å². The van der Waals surface area contributed by atoms with E-state index >= 15 is 0 Å². The zero-order chi connectivity index (χ0) is 23.9. The molecule has 2 aromatic carbocycles. The lowest BCUT2D eigenvalue weighted by Crippen LogP contribution is -2.29. The minimum absolute atomic E-state index is 0.00601. The molecule has 1 fully saturated rings. The van der Waals surface area contributed by atoms with Crippen LogP contribution in [0.25, 0.3) is 22.4 Å². The first-order valence-corrected chi connectivity index (χ1v) is 12.2. The van der Waals surface area contributed by atoms with Gasteiger partial charge < -0.3 is 15.2 Å². The Labute approximate surface area is 203 Å². The van der Waals surface area contributed by atoms with Crippen LogP contribution in [0.5, 0.6) is 0 Å². The van der Waals surface area contributed by atoms with Crippen LogP contribution in [0.4, 0.5) is 5.69 Å². The van der Waals surface area contributed by atoms with Crippen LogP contribution in [-0.2, 0) is 18.3 Å². The number of hydrogen-bond acceptors (Lipinski definition) is 4. The van der Waals surface area contributed by atoms with Gasteiger partial charge in [0.1, 0.15) is 5.82 Å². The van der Waals surface area contributed by atoms with Gasteiger partial charge in [-0.25, -0.2) is 4.98 Å². The Balaban J connectivity index is 1.39. The highest BCUT2D eigenvalue weighted by Crippen LogP contribution is 2.34. The van der Waals surface area contributed by atoms with E-state index in [4.69, 9.17) is 4.98 Å². The monoisotopic (exact) mass is 465 g/mol. The van der Waals surface area contributed by atoms with E-state index in [1.165, 1.54) is 11.1 Å². The van der Waals surface area contributed by atoms with Crippen LogP contribution in [0, 0.1) is 5.92 Å². The molecule has 0 spiro atoms. The van der Waals surface area contributed by atoms with Crippen molar-refractivity contribution in [1.82, 2.24) is 19.9 Å². The topological polar surface area (TPSA) is 88.9 Å². The van der Waals surface area contributed by atoms with E-state index in [1.54, 1.807) is 18.5 Å². The number of benzene rings is 2. The number of aryl methyl sites for hydroxylation is 2. The largest absolute Gasteiger partial charge is 0.345 e. The van der Waals surface area contributed by atoms with Crippen molar-refractivity contribution in [3.8, 4) is 11.4 Å². The lowest BCUT2D eigenvalue weighted by molar-refractivity contribution is -0.122. The number of amides is 2. The van der Waals surface area contributed by atoms with Crippen molar-refractivity contribution in [2.45, 2.75) is 38.1 Å².